The lowest BCUT2D eigenvalue weighted by atomic mass is 9.89. The highest BCUT2D eigenvalue weighted by Crippen LogP contribution is 2.26. The number of rotatable bonds is 7. The molecule has 1 saturated carbocycles. The number of hydrogen-bond acceptors (Lipinski definition) is 2. The summed E-state index contributed by atoms with van der Waals surface area (Å²) >= 11 is 3.60. The van der Waals surface area contributed by atoms with E-state index in [0.29, 0.717) is 18.4 Å². The lowest BCUT2D eigenvalue weighted by Gasteiger charge is -2.39. The summed E-state index contributed by atoms with van der Waals surface area (Å²) in [5.41, 5.74) is 0. The molecular weight excluding hydrogens is 254 g/mol. The highest BCUT2D eigenvalue weighted by Gasteiger charge is 2.27. The zero-order chi connectivity index (χ0) is 11.3. The van der Waals surface area contributed by atoms with Gasteiger partial charge in [0.25, 0.3) is 0 Å². The third-order valence-corrected chi connectivity index (χ3v) is 4.42. The number of hydrogen-bond donors (Lipinski definition) is 1. The Labute approximate surface area is 102 Å². The zero-order valence-corrected chi connectivity index (χ0v) is 11.5. The lowest BCUT2D eigenvalue weighted by Crippen LogP contribution is -2.45. The summed E-state index contributed by atoms with van der Waals surface area (Å²) in [5, 5.41) is 10.1. The van der Waals surface area contributed by atoms with Gasteiger partial charge in [0.05, 0.1) is 6.61 Å². The second kappa shape index (κ2) is 6.87. The maximum absolute atomic E-state index is 9.08. The van der Waals surface area contributed by atoms with Crippen molar-refractivity contribution in [1.29, 1.82) is 0 Å². The second-order valence-corrected chi connectivity index (χ2v) is 5.61. The number of aliphatic hydroxyl groups is 1. The van der Waals surface area contributed by atoms with Crippen LogP contribution in [0.15, 0.2) is 0 Å². The summed E-state index contributed by atoms with van der Waals surface area (Å²) < 4.78 is 0. The molecule has 0 radical (unpaired) electrons. The minimum absolute atomic E-state index is 0.295. The van der Waals surface area contributed by atoms with Crippen molar-refractivity contribution in [2.75, 3.05) is 25.0 Å². The van der Waals surface area contributed by atoms with Gasteiger partial charge in [0.1, 0.15) is 0 Å². The maximum Gasteiger partial charge on any atom is 0.0558 e. The molecular formula is C12H24BrNO. The van der Waals surface area contributed by atoms with Gasteiger partial charge in [-0.1, -0.05) is 36.2 Å². The molecule has 0 saturated heterocycles. The molecule has 0 aromatic heterocycles. The molecule has 0 aromatic rings. The van der Waals surface area contributed by atoms with Crippen molar-refractivity contribution in [3.63, 3.8) is 0 Å². The minimum Gasteiger partial charge on any atom is -0.395 e. The predicted octanol–water partition coefficient (Wildman–Crippen LogP) is 2.50. The average molecular weight is 278 g/mol. The van der Waals surface area contributed by atoms with Crippen molar-refractivity contribution in [1.82, 2.24) is 4.90 Å². The molecule has 2 nitrogen and oxygen atoms in total. The molecule has 0 aliphatic heterocycles. The van der Waals surface area contributed by atoms with Gasteiger partial charge < -0.3 is 5.11 Å². The molecule has 0 amide bonds. The van der Waals surface area contributed by atoms with Gasteiger partial charge in [-0.05, 0) is 24.7 Å². The Morgan fingerprint density at radius 1 is 1.40 bits per heavy atom. The SMILES string of the molecule is CC(C)C(CBr)CN(CCO)C1CCC1. The summed E-state index contributed by atoms with van der Waals surface area (Å²) in [7, 11) is 0. The molecule has 1 fully saturated rings. The largest absolute Gasteiger partial charge is 0.395 e. The number of alkyl halides is 1. The van der Waals surface area contributed by atoms with E-state index in [1.54, 1.807) is 0 Å². The van der Waals surface area contributed by atoms with E-state index in [9.17, 15) is 0 Å². The third kappa shape index (κ3) is 4.04. The van der Waals surface area contributed by atoms with Crippen LogP contribution in [-0.2, 0) is 0 Å². The van der Waals surface area contributed by atoms with Crippen molar-refractivity contribution >= 4 is 15.9 Å². The molecule has 1 N–H and O–H groups in total. The van der Waals surface area contributed by atoms with Crippen molar-refractivity contribution in [2.24, 2.45) is 11.8 Å². The Hall–Kier alpha value is 0.400. The molecule has 0 heterocycles. The van der Waals surface area contributed by atoms with Crippen LogP contribution in [0, 0.1) is 11.8 Å². The molecule has 1 rings (SSSR count). The highest BCUT2D eigenvalue weighted by atomic mass is 79.9. The molecule has 0 bridgehead atoms. The first-order chi connectivity index (χ1) is 7.19. The highest BCUT2D eigenvalue weighted by molar-refractivity contribution is 9.09. The Balaban J connectivity index is 2.40. The van der Waals surface area contributed by atoms with Crippen molar-refractivity contribution in [2.45, 2.75) is 39.2 Å². The molecule has 1 atom stereocenters. The quantitative estimate of drug-likeness (QED) is 0.723. The molecule has 90 valence electrons. The normalized spacial score (nSPS) is 19.6. The fraction of sp³-hybridized carbons (Fsp3) is 1.00. The van der Waals surface area contributed by atoms with Crippen LogP contribution in [0.3, 0.4) is 0 Å². The van der Waals surface area contributed by atoms with Crippen LogP contribution in [0.5, 0.6) is 0 Å². The summed E-state index contributed by atoms with van der Waals surface area (Å²) in [6.45, 7) is 6.84. The van der Waals surface area contributed by atoms with Crippen molar-refractivity contribution < 1.29 is 5.11 Å². The van der Waals surface area contributed by atoms with E-state index in [-0.39, 0.29) is 0 Å². The second-order valence-electron chi connectivity index (χ2n) is 4.96. The Morgan fingerprint density at radius 2 is 2.07 bits per heavy atom. The molecule has 0 spiro atoms. The average Bonchev–Trinajstić information content (AvgIpc) is 2.10. The van der Waals surface area contributed by atoms with Crippen LogP contribution >= 0.6 is 15.9 Å². The molecule has 15 heavy (non-hydrogen) atoms. The van der Waals surface area contributed by atoms with E-state index in [2.05, 4.69) is 34.7 Å². The molecule has 3 heteroatoms. The van der Waals surface area contributed by atoms with Crippen LogP contribution in [0.4, 0.5) is 0 Å². The Morgan fingerprint density at radius 3 is 2.40 bits per heavy atom. The smallest absolute Gasteiger partial charge is 0.0558 e. The van der Waals surface area contributed by atoms with E-state index < -0.39 is 0 Å². The molecule has 1 unspecified atom stereocenters. The first-order valence-electron chi connectivity index (χ1n) is 6.10. The standard InChI is InChI=1S/C12H24BrNO/c1-10(2)11(8-13)9-14(6-7-15)12-4-3-5-12/h10-12,15H,3-9H2,1-2H3. The van der Waals surface area contributed by atoms with E-state index in [1.165, 1.54) is 19.3 Å². The predicted molar refractivity (Wildman–Crippen MR) is 68.4 cm³/mol. The van der Waals surface area contributed by atoms with Crippen LogP contribution < -0.4 is 0 Å². The minimum atomic E-state index is 0.295. The van der Waals surface area contributed by atoms with Gasteiger partial charge in [-0.15, -0.1) is 0 Å². The van der Waals surface area contributed by atoms with E-state index in [4.69, 9.17) is 5.11 Å². The van der Waals surface area contributed by atoms with Gasteiger partial charge in [-0.3, -0.25) is 4.90 Å². The van der Waals surface area contributed by atoms with Crippen LogP contribution in [-0.4, -0.2) is 41.1 Å². The molecule has 1 aliphatic rings. The summed E-state index contributed by atoms with van der Waals surface area (Å²) in [6, 6.07) is 0.748. The van der Waals surface area contributed by atoms with E-state index in [1.807, 2.05) is 0 Å². The lowest BCUT2D eigenvalue weighted by molar-refractivity contribution is 0.0810. The van der Waals surface area contributed by atoms with Gasteiger partial charge in [-0.2, -0.15) is 0 Å². The monoisotopic (exact) mass is 277 g/mol. The summed E-state index contributed by atoms with van der Waals surface area (Å²) in [6.07, 6.45) is 4.02. The van der Waals surface area contributed by atoms with Gasteiger partial charge in [-0.25, -0.2) is 0 Å². The number of halogens is 1. The van der Waals surface area contributed by atoms with Crippen LogP contribution in [0.2, 0.25) is 0 Å². The number of nitrogens with zero attached hydrogens (tertiary/aromatic N) is 1. The fourth-order valence-corrected chi connectivity index (χ4v) is 2.99. The van der Waals surface area contributed by atoms with Gasteiger partial charge in [0.2, 0.25) is 0 Å². The van der Waals surface area contributed by atoms with Crippen LogP contribution in [0.25, 0.3) is 0 Å². The first kappa shape index (κ1) is 13.5. The summed E-state index contributed by atoms with van der Waals surface area (Å²) in [5.74, 6) is 1.42. The topological polar surface area (TPSA) is 23.5 Å². The van der Waals surface area contributed by atoms with Gasteiger partial charge >= 0.3 is 0 Å². The van der Waals surface area contributed by atoms with E-state index in [0.717, 1.165) is 24.5 Å². The third-order valence-electron chi connectivity index (χ3n) is 3.59. The fourth-order valence-electron chi connectivity index (χ4n) is 2.04. The first-order valence-corrected chi connectivity index (χ1v) is 7.22. The van der Waals surface area contributed by atoms with Crippen molar-refractivity contribution in [3.05, 3.63) is 0 Å². The van der Waals surface area contributed by atoms with E-state index >= 15 is 0 Å². The van der Waals surface area contributed by atoms with Crippen LogP contribution in [0.1, 0.15) is 33.1 Å². The molecule has 1 aliphatic carbocycles. The maximum atomic E-state index is 9.08. The van der Waals surface area contributed by atoms with Crippen molar-refractivity contribution in [3.8, 4) is 0 Å². The Kier molecular flexibility index (Phi) is 6.17. The summed E-state index contributed by atoms with van der Waals surface area (Å²) in [4.78, 5) is 2.48. The zero-order valence-electron chi connectivity index (χ0n) is 9.95. The molecule has 0 aromatic carbocycles. The number of aliphatic hydroxyl groups excluding tert-OH is 1. The van der Waals surface area contributed by atoms with Gasteiger partial charge in [0.15, 0.2) is 0 Å². The Bertz CT molecular complexity index is 171. The van der Waals surface area contributed by atoms with Gasteiger partial charge in [0, 0.05) is 24.5 Å².